The SMILES string of the molecule is Cc1cc(C)c(N2CCCNCCC2(C)C)c(C)c1. The molecule has 1 aromatic carbocycles. The van der Waals surface area contributed by atoms with E-state index in [1.807, 2.05) is 0 Å². The minimum absolute atomic E-state index is 0.220. The van der Waals surface area contributed by atoms with Gasteiger partial charge in [-0.1, -0.05) is 17.7 Å². The van der Waals surface area contributed by atoms with Crippen molar-refractivity contribution in [1.29, 1.82) is 0 Å². The van der Waals surface area contributed by atoms with Gasteiger partial charge in [0.05, 0.1) is 0 Å². The maximum Gasteiger partial charge on any atom is 0.0430 e. The highest BCUT2D eigenvalue weighted by atomic mass is 15.2. The van der Waals surface area contributed by atoms with Gasteiger partial charge < -0.3 is 10.2 Å². The summed E-state index contributed by atoms with van der Waals surface area (Å²) in [6.45, 7) is 14.8. The first-order chi connectivity index (χ1) is 8.92. The Kier molecular flexibility index (Phi) is 4.19. The molecule has 0 bridgehead atoms. The van der Waals surface area contributed by atoms with E-state index in [0.717, 1.165) is 19.6 Å². The Labute approximate surface area is 118 Å². The molecule has 2 rings (SSSR count). The predicted octanol–water partition coefficient (Wildman–Crippen LogP) is 3.58. The first-order valence-corrected chi connectivity index (χ1v) is 7.48. The van der Waals surface area contributed by atoms with Gasteiger partial charge in [0.15, 0.2) is 0 Å². The fourth-order valence-electron chi connectivity index (χ4n) is 3.33. The molecule has 0 unspecified atom stereocenters. The molecule has 0 saturated carbocycles. The molecule has 0 spiro atoms. The van der Waals surface area contributed by atoms with Crippen molar-refractivity contribution in [3.8, 4) is 0 Å². The summed E-state index contributed by atoms with van der Waals surface area (Å²) in [5.41, 5.74) is 5.87. The summed E-state index contributed by atoms with van der Waals surface area (Å²) in [6, 6.07) is 4.63. The van der Waals surface area contributed by atoms with Gasteiger partial charge in [-0.15, -0.1) is 0 Å². The molecular formula is C17H28N2. The molecule has 1 aromatic rings. The predicted molar refractivity (Wildman–Crippen MR) is 84.2 cm³/mol. The van der Waals surface area contributed by atoms with E-state index in [4.69, 9.17) is 0 Å². The summed E-state index contributed by atoms with van der Waals surface area (Å²) in [6.07, 6.45) is 2.41. The second kappa shape index (κ2) is 5.54. The number of nitrogens with zero attached hydrogens (tertiary/aromatic N) is 1. The Morgan fingerprint density at radius 1 is 1.05 bits per heavy atom. The van der Waals surface area contributed by atoms with Crippen molar-refractivity contribution in [3.05, 3.63) is 28.8 Å². The number of nitrogens with one attached hydrogen (secondary N) is 1. The van der Waals surface area contributed by atoms with Crippen molar-refractivity contribution in [3.63, 3.8) is 0 Å². The molecular weight excluding hydrogens is 232 g/mol. The maximum absolute atomic E-state index is 3.53. The lowest BCUT2D eigenvalue weighted by Gasteiger charge is -2.44. The Morgan fingerprint density at radius 2 is 1.68 bits per heavy atom. The van der Waals surface area contributed by atoms with Gasteiger partial charge in [0, 0.05) is 17.8 Å². The van der Waals surface area contributed by atoms with Gasteiger partial charge >= 0.3 is 0 Å². The monoisotopic (exact) mass is 260 g/mol. The number of rotatable bonds is 1. The van der Waals surface area contributed by atoms with Crippen LogP contribution in [0, 0.1) is 20.8 Å². The number of anilines is 1. The van der Waals surface area contributed by atoms with Gasteiger partial charge in [-0.3, -0.25) is 0 Å². The number of hydrogen-bond donors (Lipinski definition) is 1. The highest BCUT2D eigenvalue weighted by Gasteiger charge is 2.29. The summed E-state index contributed by atoms with van der Waals surface area (Å²) >= 11 is 0. The quantitative estimate of drug-likeness (QED) is 0.830. The first-order valence-electron chi connectivity index (χ1n) is 7.48. The van der Waals surface area contributed by atoms with Crippen molar-refractivity contribution >= 4 is 5.69 Å². The Hall–Kier alpha value is -1.02. The Bertz CT molecular complexity index is 426. The van der Waals surface area contributed by atoms with Gasteiger partial charge in [0.1, 0.15) is 0 Å². The molecule has 0 amide bonds. The Balaban J connectivity index is 2.42. The number of benzene rings is 1. The van der Waals surface area contributed by atoms with Crippen LogP contribution in [0.3, 0.4) is 0 Å². The lowest BCUT2D eigenvalue weighted by Crippen LogP contribution is -2.49. The maximum atomic E-state index is 3.53. The van der Waals surface area contributed by atoms with E-state index < -0.39 is 0 Å². The molecule has 0 aliphatic carbocycles. The summed E-state index contributed by atoms with van der Waals surface area (Å²) in [5.74, 6) is 0. The zero-order valence-corrected chi connectivity index (χ0v) is 13.1. The van der Waals surface area contributed by atoms with Crippen LogP contribution < -0.4 is 10.2 Å². The third-order valence-corrected chi connectivity index (χ3v) is 4.28. The molecule has 1 aliphatic heterocycles. The van der Waals surface area contributed by atoms with E-state index in [-0.39, 0.29) is 5.54 Å². The lowest BCUT2D eigenvalue weighted by molar-refractivity contribution is 0.386. The Morgan fingerprint density at radius 3 is 2.32 bits per heavy atom. The van der Waals surface area contributed by atoms with Crippen molar-refractivity contribution in [1.82, 2.24) is 5.32 Å². The molecule has 1 N–H and O–H groups in total. The van der Waals surface area contributed by atoms with Gasteiger partial charge in [-0.05, 0) is 71.7 Å². The van der Waals surface area contributed by atoms with Crippen molar-refractivity contribution in [2.75, 3.05) is 24.5 Å². The summed E-state index contributed by atoms with van der Waals surface area (Å²) in [5, 5.41) is 3.53. The molecule has 0 aromatic heterocycles. The van der Waals surface area contributed by atoms with Crippen molar-refractivity contribution < 1.29 is 0 Å². The molecule has 1 fully saturated rings. The van der Waals surface area contributed by atoms with E-state index in [1.54, 1.807) is 0 Å². The molecule has 1 aliphatic rings. The average molecular weight is 260 g/mol. The summed E-state index contributed by atoms with van der Waals surface area (Å²) in [4.78, 5) is 2.64. The van der Waals surface area contributed by atoms with Crippen molar-refractivity contribution in [2.24, 2.45) is 0 Å². The van der Waals surface area contributed by atoms with Crippen LogP contribution in [0.5, 0.6) is 0 Å². The molecule has 0 radical (unpaired) electrons. The topological polar surface area (TPSA) is 15.3 Å². The molecule has 19 heavy (non-hydrogen) atoms. The molecule has 2 heteroatoms. The van der Waals surface area contributed by atoms with Gasteiger partial charge in [0.25, 0.3) is 0 Å². The molecule has 106 valence electrons. The third-order valence-electron chi connectivity index (χ3n) is 4.28. The lowest BCUT2D eigenvalue weighted by atomic mass is 9.93. The second-order valence-corrected chi connectivity index (χ2v) is 6.56. The van der Waals surface area contributed by atoms with Crippen LogP contribution in [-0.4, -0.2) is 25.2 Å². The van der Waals surface area contributed by atoms with Crippen LogP contribution in [0.4, 0.5) is 5.69 Å². The normalized spacial score (nSPS) is 19.9. The number of hydrogen-bond acceptors (Lipinski definition) is 2. The molecule has 2 nitrogen and oxygen atoms in total. The highest BCUT2D eigenvalue weighted by molar-refractivity contribution is 5.61. The third kappa shape index (κ3) is 3.11. The molecule has 0 atom stereocenters. The van der Waals surface area contributed by atoms with Crippen LogP contribution in [0.25, 0.3) is 0 Å². The van der Waals surface area contributed by atoms with E-state index in [2.05, 4.69) is 57.0 Å². The zero-order chi connectivity index (χ0) is 14.0. The van der Waals surface area contributed by atoms with Gasteiger partial charge in [-0.2, -0.15) is 0 Å². The van der Waals surface area contributed by atoms with E-state index in [0.29, 0.717) is 0 Å². The first kappa shape index (κ1) is 14.4. The molecule has 1 saturated heterocycles. The largest absolute Gasteiger partial charge is 0.366 e. The minimum Gasteiger partial charge on any atom is -0.366 e. The fraction of sp³-hybridized carbons (Fsp3) is 0.647. The highest BCUT2D eigenvalue weighted by Crippen LogP contribution is 2.33. The smallest absolute Gasteiger partial charge is 0.0430 e. The van der Waals surface area contributed by atoms with Crippen molar-refractivity contribution in [2.45, 2.75) is 53.0 Å². The van der Waals surface area contributed by atoms with E-state index >= 15 is 0 Å². The average Bonchev–Trinajstić information content (AvgIpc) is 2.27. The summed E-state index contributed by atoms with van der Waals surface area (Å²) < 4.78 is 0. The van der Waals surface area contributed by atoms with E-state index in [9.17, 15) is 0 Å². The van der Waals surface area contributed by atoms with Crippen LogP contribution in [0.2, 0.25) is 0 Å². The summed E-state index contributed by atoms with van der Waals surface area (Å²) in [7, 11) is 0. The van der Waals surface area contributed by atoms with Crippen LogP contribution in [-0.2, 0) is 0 Å². The molecule has 1 heterocycles. The second-order valence-electron chi connectivity index (χ2n) is 6.56. The van der Waals surface area contributed by atoms with Gasteiger partial charge in [-0.25, -0.2) is 0 Å². The van der Waals surface area contributed by atoms with E-state index in [1.165, 1.54) is 35.2 Å². The van der Waals surface area contributed by atoms with Crippen LogP contribution in [0.15, 0.2) is 12.1 Å². The van der Waals surface area contributed by atoms with Gasteiger partial charge in [0.2, 0.25) is 0 Å². The standard InChI is InChI=1S/C17H28N2/c1-13-11-14(2)16(15(3)12-13)19-10-6-8-18-9-7-17(19,4)5/h11-12,18H,6-10H2,1-5H3. The minimum atomic E-state index is 0.220. The van der Waals surface area contributed by atoms with Crippen LogP contribution in [0.1, 0.15) is 43.4 Å². The zero-order valence-electron chi connectivity index (χ0n) is 13.1. The number of aryl methyl sites for hydroxylation is 3. The fourth-order valence-corrected chi connectivity index (χ4v) is 3.33. The van der Waals surface area contributed by atoms with Crippen LogP contribution >= 0.6 is 0 Å².